The van der Waals surface area contributed by atoms with E-state index in [1.165, 1.54) is 12.5 Å². The van der Waals surface area contributed by atoms with E-state index in [4.69, 9.17) is 16.1 Å². The molecule has 4 rings (SSSR count). The number of pyridine rings is 1. The molecule has 0 bridgehead atoms. The first kappa shape index (κ1) is 18.1. The van der Waals surface area contributed by atoms with Gasteiger partial charge in [-0.1, -0.05) is 42.1 Å². The number of aromatic nitrogens is 2. The maximum Gasteiger partial charge on any atom is 0.146 e. The number of halogens is 2. The van der Waals surface area contributed by atoms with Crippen molar-refractivity contribution >= 4 is 11.6 Å². The zero-order chi connectivity index (χ0) is 18.8. The summed E-state index contributed by atoms with van der Waals surface area (Å²) < 4.78 is 20.3. The molecule has 27 heavy (non-hydrogen) atoms. The van der Waals surface area contributed by atoms with E-state index >= 15 is 0 Å². The Morgan fingerprint density at radius 2 is 2.00 bits per heavy atom. The van der Waals surface area contributed by atoms with E-state index < -0.39 is 11.9 Å². The second kappa shape index (κ2) is 7.79. The van der Waals surface area contributed by atoms with Crippen molar-refractivity contribution in [1.82, 2.24) is 10.1 Å². The van der Waals surface area contributed by atoms with E-state index in [9.17, 15) is 9.50 Å². The molecule has 0 aliphatic heterocycles. The second-order valence-electron chi connectivity index (χ2n) is 6.96. The highest BCUT2D eigenvalue weighted by molar-refractivity contribution is 6.30. The fourth-order valence-corrected chi connectivity index (χ4v) is 3.97. The molecule has 1 fully saturated rings. The van der Waals surface area contributed by atoms with Crippen molar-refractivity contribution in [3.8, 4) is 11.3 Å². The lowest BCUT2D eigenvalue weighted by molar-refractivity contribution is 0.213. The molecule has 1 N–H and O–H groups in total. The van der Waals surface area contributed by atoms with Gasteiger partial charge in [0, 0.05) is 34.5 Å². The number of hydrogen-bond donors (Lipinski definition) is 1. The predicted molar refractivity (Wildman–Crippen MR) is 101 cm³/mol. The van der Waals surface area contributed by atoms with E-state index in [0.717, 1.165) is 25.7 Å². The third-order valence-corrected chi connectivity index (χ3v) is 5.43. The van der Waals surface area contributed by atoms with Crippen molar-refractivity contribution in [2.45, 2.75) is 44.1 Å². The van der Waals surface area contributed by atoms with Gasteiger partial charge in [-0.25, -0.2) is 4.39 Å². The van der Waals surface area contributed by atoms with Gasteiger partial charge in [0.2, 0.25) is 0 Å². The molecule has 1 unspecified atom stereocenters. The summed E-state index contributed by atoms with van der Waals surface area (Å²) in [7, 11) is 0. The first-order valence-electron chi connectivity index (χ1n) is 9.18. The standard InChI is InChI=1S/C21H20ClFN2O2/c22-15-8-9-16(17(23)11-15)19-18(20(26)14-7-4-10-24-12-14)21(27-25-19)13-5-2-1-3-6-13/h4,7-13,20,26H,1-3,5-6H2. The molecule has 3 aromatic rings. The topological polar surface area (TPSA) is 59.2 Å². The Labute approximate surface area is 162 Å². The smallest absolute Gasteiger partial charge is 0.146 e. The molecular formula is C21H20ClFN2O2. The maximum atomic E-state index is 14.6. The summed E-state index contributed by atoms with van der Waals surface area (Å²) in [6.45, 7) is 0. The number of aliphatic hydroxyl groups is 1. The molecule has 2 aromatic heterocycles. The highest BCUT2D eigenvalue weighted by Crippen LogP contribution is 2.42. The highest BCUT2D eigenvalue weighted by Gasteiger charge is 2.31. The van der Waals surface area contributed by atoms with E-state index in [2.05, 4.69) is 10.1 Å². The first-order chi connectivity index (χ1) is 13.1. The van der Waals surface area contributed by atoms with Gasteiger partial charge in [0.1, 0.15) is 23.4 Å². The largest absolute Gasteiger partial charge is 0.383 e. The van der Waals surface area contributed by atoms with Crippen molar-refractivity contribution in [3.63, 3.8) is 0 Å². The normalized spacial score (nSPS) is 16.4. The quantitative estimate of drug-likeness (QED) is 0.628. The summed E-state index contributed by atoms with van der Waals surface area (Å²) in [5.74, 6) is 0.331. The number of rotatable bonds is 4. The molecule has 1 saturated carbocycles. The molecular weight excluding hydrogens is 367 g/mol. The Morgan fingerprint density at radius 3 is 2.70 bits per heavy atom. The van der Waals surface area contributed by atoms with Gasteiger partial charge in [0.15, 0.2) is 0 Å². The van der Waals surface area contributed by atoms with Gasteiger partial charge in [0.05, 0.1) is 5.56 Å². The molecule has 4 nitrogen and oxygen atoms in total. The van der Waals surface area contributed by atoms with Crippen LogP contribution in [0.3, 0.4) is 0 Å². The van der Waals surface area contributed by atoms with Crippen molar-refractivity contribution < 1.29 is 14.0 Å². The Kier molecular flexibility index (Phi) is 5.23. The molecule has 1 aliphatic carbocycles. The number of benzene rings is 1. The Morgan fingerprint density at radius 1 is 1.19 bits per heavy atom. The minimum Gasteiger partial charge on any atom is -0.383 e. The SMILES string of the molecule is OC(c1cccnc1)c1c(-c2ccc(Cl)cc2F)noc1C1CCCCC1. The highest BCUT2D eigenvalue weighted by atomic mass is 35.5. The fourth-order valence-electron chi connectivity index (χ4n) is 3.81. The van der Waals surface area contributed by atoms with E-state index in [1.807, 2.05) is 0 Å². The molecule has 140 valence electrons. The summed E-state index contributed by atoms with van der Waals surface area (Å²) in [4.78, 5) is 4.09. The monoisotopic (exact) mass is 386 g/mol. The van der Waals surface area contributed by atoms with Crippen LogP contribution in [0, 0.1) is 5.82 Å². The summed E-state index contributed by atoms with van der Waals surface area (Å²) in [6, 6.07) is 7.97. The van der Waals surface area contributed by atoms with Crippen molar-refractivity contribution in [1.29, 1.82) is 0 Å². The summed E-state index contributed by atoms with van der Waals surface area (Å²) >= 11 is 5.89. The third kappa shape index (κ3) is 3.62. The maximum absolute atomic E-state index is 14.6. The molecule has 6 heteroatoms. The predicted octanol–water partition coefficient (Wildman–Crippen LogP) is 5.66. The molecule has 1 aliphatic rings. The molecule has 0 amide bonds. The van der Waals surface area contributed by atoms with Crippen LogP contribution in [-0.4, -0.2) is 15.2 Å². The molecule has 1 atom stereocenters. The van der Waals surface area contributed by atoms with Crippen molar-refractivity contribution in [3.05, 3.63) is 70.5 Å². The van der Waals surface area contributed by atoms with Crippen LogP contribution in [0.15, 0.2) is 47.2 Å². The minimum absolute atomic E-state index is 0.177. The molecule has 0 saturated heterocycles. The summed E-state index contributed by atoms with van der Waals surface area (Å²) in [5.41, 5.74) is 1.73. The molecule has 2 heterocycles. The molecule has 1 aromatic carbocycles. The average molecular weight is 387 g/mol. The fraction of sp³-hybridized carbons (Fsp3) is 0.333. The van der Waals surface area contributed by atoms with Crippen molar-refractivity contribution in [2.75, 3.05) is 0 Å². The van der Waals surface area contributed by atoms with Crippen molar-refractivity contribution in [2.24, 2.45) is 0 Å². The van der Waals surface area contributed by atoms with Gasteiger partial charge in [-0.2, -0.15) is 0 Å². The van der Waals surface area contributed by atoms with Gasteiger partial charge < -0.3 is 9.63 Å². The second-order valence-corrected chi connectivity index (χ2v) is 7.39. The number of hydrogen-bond acceptors (Lipinski definition) is 4. The van der Waals surface area contributed by atoms with Crippen LogP contribution in [0.4, 0.5) is 4.39 Å². The van der Waals surface area contributed by atoms with Crippen LogP contribution in [-0.2, 0) is 0 Å². The zero-order valence-corrected chi connectivity index (χ0v) is 15.5. The minimum atomic E-state index is -0.994. The third-order valence-electron chi connectivity index (χ3n) is 5.19. The van der Waals surface area contributed by atoms with Crippen LogP contribution < -0.4 is 0 Å². The molecule has 0 radical (unpaired) electrons. The van der Waals surface area contributed by atoms with Crippen LogP contribution in [0.25, 0.3) is 11.3 Å². The lowest BCUT2D eigenvalue weighted by Gasteiger charge is -2.21. The zero-order valence-electron chi connectivity index (χ0n) is 14.7. The first-order valence-corrected chi connectivity index (χ1v) is 9.56. The van der Waals surface area contributed by atoms with Crippen LogP contribution in [0.2, 0.25) is 5.02 Å². The summed E-state index contributed by atoms with van der Waals surface area (Å²) in [5, 5.41) is 15.6. The number of aliphatic hydroxyl groups excluding tert-OH is 1. The van der Waals surface area contributed by atoms with Crippen LogP contribution in [0.1, 0.15) is 61.0 Å². The average Bonchev–Trinajstić information content (AvgIpc) is 3.13. The Bertz CT molecular complexity index is 923. The summed E-state index contributed by atoms with van der Waals surface area (Å²) in [6.07, 6.45) is 7.62. The van der Waals surface area contributed by atoms with E-state index in [-0.39, 0.29) is 11.5 Å². The Hall–Kier alpha value is -2.24. The van der Waals surface area contributed by atoms with E-state index in [0.29, 0.717) is 27.6 Å². The number of nitrogens with zero attached hydrogens (tertiary/aromatic N) is 2. The van der Waals surface area contributed by atoms with Crippen LogP contribution >= 0.6 is 11.6 Å². The lowest BCUT2D eigenvalue weighted by atomic mass is 9.83. The van der Waals surface area contributed by atoms with Gasteiger partial charge >= 0.3 is 0 Å². The lowest BCUT2D eigenvalue weighted by Crippen LogP contribution is -2.10. The van der Waals surface area contributed by atoms with Gasteiger partial charge in [-0.15, -0.1) is 0 Å². The van der Waals surface area contributed by atoms with Gasteiger partial charge in [-0.3, -0.25) is 4.98 Å². The van der Waals surface area contributed by atoms with E-state index in [1.54, 1.807) is 36.7 Å². The van der Waals surface area contributed by atoms with Crippen LogP contribution in [0.5, 0.6) is 0 Å². The molecule has 0 spiro atoms. The van der Waals surface area contributed by atoms with Gasteiger partial charge in [0.25, 0.3) is 0 Å². The van der Waals surface area contributed by atoms with Gasteiger partial charge in [-0.05, 0) is 37.1 Å². The Balaban J connectivity index is 1.85.